The third-order valence-corrected chi connectivity index (χ3v) is 10.8. The summed E-state index contributed by atoms with van der Waals surface area (Å²) in [5.74, 6) is 1.28. The van der Waals surface area contributed by atoms with E-state index in [9.17, 15) is 19.2 Å². The lowest BCUT2D eigenvalue weighted by atomic mass is 9.54. The predicted molar refractivity (Wildman–Crippen MR) is 147 cm³/mol. The van der Waals surface area contributed by atoms with E-state index in [0.717, 1.165) is 103 Å². The quantitative estimate of drug-likeness (QED) is 0.235. The van der Waals surface area contributed by atoms with E-state index in [1.54, 1.807) is 24.3 Å². The van der Waals surface area contributed by atoms with E-state index in [0.29, 0.717) is 11.8 Å². The van der Waals surface area contributed by atoms with Crippen LogP contribution in [-0.4, -0.2) is 48.5 Å². The number of rotatable bonds is 10. The number of nitrogens with zero attached hydrogens (tertiary/aromatic N) is 4. The van der Waals surface area contributed by atoms with E-state index in [4.69, 9.17) is 0 Å². The van der Waals surface area contributed by atoms with Crippen molar-refractivity contribution in [3.63, 3.8) is 0 Å². The summed E-state index contributed by atoms with van der Waals surface area (Å²) in [4.78, 5) is 59.7. The Labute approximate surface area is 232 Å². The van der Waals surface area contributed by atoms with Gasteiger partial charge >= 0.3 is 0 Å². The second kappa shape index (κ2) is 14.2. The summed E-state index contributed by atoms with van der Waals surface area (Å²) in [7, 11) is 0. The molecule has 0 aromatic carbocycles. The Bertz CT molecular complexity index is 908. The Morgan fingerprint density at radius 1 is 0.436 bits per heavy atom. The van der Waals surface area contributed by atoms with Gasteiger partial charge in [0.2, 0.25) is 24.3 Å². The number of hydrogen-bond donors (Lipinski definition) is 0. The van der Waals surface area contributed by atoms with Crippen LogP contribution in [-0.2, 0) is 19.2 Å². The molecule has 0 N–H and O–H groups in total. The van der Waals surface area contributed by atoms with Gasteiger partial charge < -0.3 is 0 Å². The van der Waals surface area contributed by atoms with Crippen LogP contribution in [0.15, 0.2) is 20.0 Å². The molecule has 4 saturated carbocycles. The summed E-state index contributed by atoms with van der Waals surface area (Å²) in [5.41, 5.74) is 0.445. The van der Waals surface area contributed by atoms with Crippen molar-refractivity contribution < 1.29 is 19.2 Å². The summed E-state index contributed by atoms with van der Waals surface area (Å²) in [5, 5.41) is 0. The van der Waals surface area contributed by atoms with Crippen LogP contribution in [0.5, 0.6) is 0 Å². The van der Waals surface area contributed by atoms with Gasteiger partial charge in [-0.05, 0) is 145 Å². The number of aliphatic imine (C=N–C) groups is 4. The van der Waals surface area contributed by atoms with E-state index in [-0.39, 0.29) is 35.0 Å². The fraction of sp³-hybridized carbons (Fsp3) is 0.871. The lowest BCUT2D eigenvalue weighted by molar-refractivity contribution is 0.00615. The molecule has 0 aliphatic heterocycles. The van der Waals surface area contributed by atoms with Crippen molar-refractivity contribution >= 4 is 24.3 Å². The normalized spacial score (nSPS) is 38.7. The lowest BCUT2D eigenvalue weighted by Gasteiger charge is -2.51. The maximum absolute atomic E-state index is 11.0. The molecule has 4 fully saturated rings. The lowest BCUT2D eigenvalue weighted by Crippen LogP contribution is -2.41. The van der Waals surface area contributed by atoms with Gasteiger partial charge in [-0.2, -0.15) is 0 Å². The minimum atomic E-state index is 0.0931. The smallest absolute Gasteiger partial charge is 0.211 e. The summed E-state index contributed by atoms with van der Waals surface area (Å²) < 4.78 is 0. The zero-order valence-corrected chi connectivity index (χ0v) is 23.3. The van der Waals surface area contributed by atoms with E-state index in [1.165, 1.54) is 19.3 Å². The number of carbonyl (C=O) groups excluding carboxylic acids is 4. The first-order chi connectivity index (χ1) is 19.0. The summed E-state index contributed by atoms with van der Waals surface area (Å²) >= 11 is 0. The van der Waals surface area contributed by atoms with E-state index < -0.39 is 0 Å². The molecule has 0 aromatic rings. The van der Waals surface area contributed by atoms with E-state index >= 15 is 0 Å². The van der Waals surface area contributed by atoms with Gasteiger partial charge in [-0.1, -0.05) is 0 Å². The predicted octanol–water partition coefficient (Wildman–Crippen LogP) is 6.48. The van der Waals surface area contributed by atoms with Crippen molar-refractivity contribution in [1.82, 2.24) is 0 Å². The minimum absolute atomic E-state index is 0.0931. The van der Waals surface area contributed by atoms with Gasteiger partial charge in [-0.15, -0.1) is 0 Å². The average Bonchev–Trinajstić information content (AvgIpc) is 2.94. The highest BCUT2D eigenvalue weighted by Crippen LogP contribution is 2.57. The maximum Gasteiger partial charge on any atom is 0.235 e. The van der Waals surface area contributed by atoms with Crippen LogP contribution < -0.4 is 0 Å². The summed E-state index contributed by atoms with van der Waals surface area (Å²) in [6.07, 6.45) is 27.1. The largest absolute Gasteiger partial charge is 0.235 e. The topological polar surface area (TPSA) is 118 Å². The molecule has 0 radical (unpaired) electrons. The van der Waals surface area contributed by atoms with Gasteiger partial charge in [0.15, 0.2) is 0 Å². The fourth-order valence-corrected chi connectivity index (χ4v) is 8.87. The molecule has 8 nitrogen and oxygen atoms in total. The molecule has 0 saturated heterocycles. The zero-order valence-electron chi connectivity index (χ0n) is 23.3. The molecule has 39 heavy (non-hydrogen) atoms. The van der Waals surface area contributed by atoms with Crippen molar-refractivity contribution in [2.45, 2.75) is 146 Å². The van der Waals surface area contributed by atoms with Crippen LogP contribution >= 0.6 is 0 Å². The van der Waals surface area contributed by atoms with Gasteiger partial charge in [-0.3, -0.25) is 0 Å². The van der Waals surface area contributed by atoms with Crippen LogP contribution in [0.25, 0.3) is 0 Å². The molecule has 0 atom stereocenters. The molecule has 4 aliphatic carbocycles. The van der Waals surface area contributed by atoms with E-state index in [1.807, 2.05) is 0 Å². The molecule has 0 amide bonds. The van der Waals surface area contributed by atoms with Crippen LogP contribution in [0.1, 0.15) is 122 Å². The molecular weight excluding hydrogens is 492 g/mol. The molecule has 4 aliphatic rings. The summed E-state index contributed by atoms with van der Waals surface area (Å²) in [6.45, 7) is 0. The third-order valence-electron chi connectivity index (χ3n) is 10.8. The highest BCUT2D eigenvalue weighted by atomic mass is 16.1. The summed E-state index contributed by atoms with van der Waals surface area (Å²) in [6, 6.07) is 0.447. The van der Waals surface area contributed by atoms with Gasteiger partial charge in [0.1, 0.15) is 0 Å². The molecule has 212 valence electrons. The fourth-order valence-electron chi connectivity index (χ4n) is 8.87. The van der Waals surface area contributed by atoms with Crippen LogP contribution in [0.3, 0.4) is 0 Å². The van der Waals surface area contributed by atoms with Crippen LogP contribution in [0, 0.1) is 22.7 Å². The van der Waals surface area contributed by atoms with Crippen molar-refractivity contribution in [3.05, 3.63) is 0 Å². The molecule has 0 spiro atoms. The first kappa shape index (κ1) is 29.5. The van der Waals surface area contributed by atoms with Crippen molar-refractivity contribution in [1.29, 1.82) is 0 Å². The van der Waals surface area contributed by atoms with E-state index in [2.05, 4.69) is 20.0 Å². The Hall–Kier alpha value is -2.48. The molecule has 0 unspecified atom stereocenters. The number of isocyanates is 4. The first-order valence-electron chi connectivity index (χ1n) is 15.3. The van der Waals surface area contributed by atoms with Gasteiger partial charge in [-0.25, -0.2) is 39.1 Å². The Balaban J connectivity index is 1.52. The van der Waals surface area contributed by atoms with Gasteiger partial charge in [0.05, 0.1) is 24.2 Å². The molecule has 4 rings (SSSR count). The van der Waals surface area contributed by atoms with Gasteiger partial charge in [0.25, 0.3) is 0 Å². The Kier molecular flexibility index (Phi) is 10.8. The minimum Gasteiger partial charge on any atom is -0.211 e. The number of hydrogen-bond acceptors (Lipinski definition) is 8. The Morgan fingerprint density at radius 2 is 0.718 bits per heavy atom. The SMILES string of the molecule is O=C=NC1CCC(CC2(CC3(CC4CCC(N=C=O)CC4)CCC(N=C=O)CC3)CCC(N=C=O)CC2)CC1. The zero-order chi connectivity index (χ0) is 27.6. The molecular formula is C31H44N4O4. The first-order valence-corrected chi connectivity index (χ1v) is 15.3. The second-order valence-electron chi connectivity index (χ2n) is 13.3. The molecule has 0 bridgehead atoms. The average molecular weight is 537 g/mol. The molecule has 8 heteroatoms. The third kappa shape index (κ3) is 8.26. The highest BCUT2D eigenvalue weighted by Gasteiger charge is 2.47. The van der Waals surface area contributed by atoms with Crippen molar-refractivity contribution in [3.8, 4) is 0 Å². The van der Waals surface area contributed by atoms with Crippen molar-refractivity contribution in [2.24, 2.45) is 42.6 Å². The van der Waals surface area contributed by atoms with Crippen LogP contribution in [0.4, 0.5) is 0 Å². The standard InChI is InChI=1S/C31H44N4O4/c36-20-32-26-5-1-24(2-6-26)17-30(13-9-28(10-14-30)34-22-38)19-31(15-11-29(12-16-31)35-23-39)18-25-3-7-27(8-4-25)33-21-37/h24-29H,1-19H2. The van der Waals surface area contributed by atoms with Crippen LogP contribution in [0.2, 0.25) is 0 Å². The molecule has 0 aromatic heterocycles. The second-order valence-corrected chi connectivity index (χ2v) is 13.3. The highest BCUT2D eigenvalue weighted by molar-refractivity contribution is 5.34. The van der Waals surface area contributed by atoms with Crippen molar-refractivity contribution in [2.75, 3.05) is 0 Å². The molecule has 0 heterocycles. The van der Waals surface area contributed by atoms with Gasteiger partial charge in [0, 0.05) is 0 Å². The monoisotopic (exact) mass is 536 g/mol. The Morgan fingerprint density at radius 3 is 1.00 bits per heavy atom. The maximum atomic E-state index is 11.0.